The number of primary amides is 3. The number of amides is 9. The maximum Gasteiger partial charge on any atom is 0.310 e. The van der Waals surface area contributed by atoms with Crippen LogP contribution in [0.1, 0.15) is 244 Å². The third-order valence-corrected chi connectivity index (χ3v) is 19.7. The van der Waals surface area contributed by atoms with E-state index in [1.165, 1.54) is 140 Å². The number of nitrogens with two attached hydrogens (primary N) is 3. The van der Waals surface area contributed by atoms with Crippen molar-refractivity contribution >= 4 is 104 Å². The Morgan fingerprint density at radius 2 is 0.415 bits per heavy atom. The van der Waals surface area contributed by atoms with Crippen molar-refractivity contribution < 1.29 is 101 Å². The number of rotatable bonds is 45. The standard InChI is InChI=1S/3C33H40N4O8/c1-7-21(6)45-29-14-22(31(34)38)8-11-26(29)36-32(39)23-9-12-25(28(15-23)43-17-19(2)3)35-33(40)24-10-13-27(37(41)42)30(16-24)44-18-20(4)5;1-7-21(6)45-30-16-24(10-13-27(30)37(41)42)33(40)36-26-12-9-23(15-29(26)44-18-20(4)5)32(39)35-25-11-8-22(31(34)38)14-28(25)43-17-19(2)3;1-7-20(5)44-29-16-23(32(39)35-25-12-9-22(31(34)38)15-28(25)43-18-19(3)4)10-13-26(29)36-33(40)24-11-14-27(37(41)42)30(17-24)45-21(6)8-2/h8-16,19-21H,7,17-18H2,1-6H3,(H2,34,38)(H,35,40)(H,36,39);8-16,19-21H,7,17-18H2,1-6H3,(H2,34,38)(H,35,39)(H,36,40);9-17,19-21H,7-8,18H2,1-6H3,(H2,34,38)(H,35,39)(H,36,40). The van der Waals surface area contributed by atoms with Crippen molar-refractivity contribution in [2.24, 2.45) is 46.8 Å². The van der Waals surface area contributed by atoms with Crippen molar-refractivity contribution in [3.05, 3.63) is 244 Å². The minimum absolute atomic E-state index is 0.00842. The van der Waals surface area contributed by atoms with Gasteiger partial charge in [-0.3, -0.25) is 73.5 Å². The number of benzene rings is 9. The highest BCUT2D eigenvalue weighted by atomic mass is 16.6. The number of nitrogens with one attached hydrogen (secondary N) is 6. The van der Waals surface area contributed by atoms with Crippen LogP contribution in [-0.2, 0) is 0 Å². The van der Waals surface area contributed by atoms with E-state index in [4.69, 9.17) is 59.8 Å². The molecule has 0 aliphatic heterocycles. The Balaban J connectivity index is 0.000000276. The highest BCUT2D eigenvalue weighted by Crippen LogP contribution is 2.39. The molecule has 720 valence electrons. The summed E-state index contributed by atoms with van der Waals surface area (Å²) in [5.41, 5.74) is 19.3. The molecule has 0 aromatic heterocycles. The molecule has 135 heavy (non-hydrogen) atoms. The number of nitro groups is 3. The lowest BCUT2D eigenvalue weighted by Crippen LogP contribution is -2.18. The van der Waals surface area contributed by atoms with Crippen molar-refractivity contribution in [1.29, 1.82) is 0 Å². The number of anilines is 6. The summed E-state index contributed by atoms with van der Waals surface area (Å²) in [4.78, 5) is 148. The number of nitrogens with zero attached hydrogens (tertiary/aromatic N) is 3. The Morgan fingerprint density at radius 3 is 0.630 bits per heavy atom. The SMILES string of the molecule is CCC(C)Oc1cc(C(=O)Nc2ccc(C(=O)Nc3ccc(C(N)=O)cc3OCC(C)C)cc2OCC(C)C)ccc1[N+](=O)[O-].CCC(C)Oc1cc(C(=O)Nc2ccc(C(N)=O)cc2OCC(C)C)ccc1NC(=O)c1ccc([N+](=O)[O-])c(OC(C)CC)c1.CCC(C)Oc1cc(C(N)=O)ccc1NC(=O)c1ccc(NC(=O)c2ccc([N+](=O)[O-])c(OCC(C)C)c2)c(OCC(C)C)c1. The summed E-state index contributed by atoms with van der Waals surface area (Å²) in [6, 6.07) is 39.0. The molecule has 0 bridgehead atoms. The van der Waals surface area contributed by atoms with Gasteiger partial charge in [-0.1, -0.05) is 96.9 Å². The first-order valence-corrected chi connectivity index (χ1v) is 44.2. The van der Waals surface area contributed by atoms with Crippen LogP contribution in [-0.4, -0.2) is 125 Å². The average molecular weight is 1860 g/mol. The van der Waals surface area contributed by atoms with Crippen LogP contribution in [0.25, 0.3) is 0 Å². The van der Waals surface area contributed by atoms with E-state index in [1.54, 1.807) is 38.1 Å². The number of carbonyl (C=O) groups excluding carboxylic acids is 9. The van der Waals surface area contributed by atoms with E-state index in [-0.39, 0.29) is 162 Å². The third-order valence-electron chi connectivity index (χ3n) is 19.7. The van der Waals surface area contributed by atoms with Gasteiger partial charge in [0.25, 0.3) is 35.4 Å². The van der Waals surface area contributed by atoms with Gasteiger partial charge in [-0.25, -0.2) is 0 Å². The summed E-state index contributed by atoms with van der Waals surface area (Å²) in [7, 11) is 0. The molecule has 0 radical (unpaired) electrons. The zero-order valence-corrected chi connectivity index (χ0v) is 79.0. The first-order chi connectivity index (χ1) is 63.9. The Labute approximate surface area is 783 Å². The zero-order valence-electron chi connectivity index (χ0n) is 79.0. The summed E-state index contributed by atoms with van der Waals surface area (Å²) in [5, 5.41) is 51.3. The van der Waals surface area contributed by atoms with E-state index in [9.17, 15) is 73.5 Å². The Morgan fingerprint density at radius 1 is 0.252 bits per heavy atom. The van der Waals surface area contributed by atoms with Crippen LogP contribution in [0.15, 0.2) is 164 Å². The molecule has 0 heterocycles. The second-order valence-electron chi connectivity index (χ2n) is 33.8. The molecule has 9 aromatic rings. The van der Waals surface area contributed by atoms with Crippen molar-refractivity contribution in [3.8, 4) is 51.7 Å². The summed E-state index contributed by atoms with van der Waals surface area (Å²) >= 11 is 0. The van der Waals surface area contributed by atoms with Crippen LogP contribution in [0, 0.1) is 59.9 Å². The second-order valence-corrected chi connectivity index (χ2v) is 33.8. The van der Waals surface area contributed by atoms with E-state index >= 15 is 0 Å². The van der Waals surface area contributed by atoms with E-state index in [0.29, 0.717) is 103 Å². The largest absolute Gasteiger partial charge is 0.491 e. The van der Waals surface area contributed by atoms with E-state index in [2.05, 4.69) is 31.9 Å². The van der Waals surface area contributed by atoms with Crippen LogP contribution in [0.3, 0.4) is 0 Å². The molecule has 9 rings (SSSR count). The highest BCUT2D eigenvalue weighted by Gasteiger charge is 2.28. The zero-order chi connectivity index (χ0) is 99.8. The van der Waals surface area contributed by atoms with Gasteiger partial charge in [0.2, 0.25) is 17.7 Å². The normalized spacial score (nSPS) is 11.8. The molecule has 36 nitrogen and oxygen atoms in total. The van der Waals surface area contributed by atoms with E-state index in [0.717, 1.165) is 0 Å². The average Bonchev–Trinajstić information content (AvgIpc) is 0.817. The lowest BCUT2D eigenvalue weighted by molar-refractivity contribution is -0.386. The third kappa shape index (κ3) is 32.5. The van der Waals surface area contributed by atoms with Crippen molar-refractivity contribution in [1.82, 2.24) is 0 Å². The van der Waals surface area contributed by atoms with Gasteiger partial charge in [-0.2, -0.15) is 0 Å². The van der Waals surface area contributed by atoms with Gasteiger partial charge < -0.3 is 91.7 Å². The Bertz CT molecular complexity index is 5750. The van der Waals surface area contributed by atoms with Crippen LogP contribution in [0.4, 0.5) is 51.2 Å². The lowest BCUT2D eigenvalue weighted by atomic mass is 10.1. The molecule has 4 atom stereocenters. The van der Waals surface area contributed by atoms with Crippen LogP contribution in [0.5, 0.6) is 51.7 Å². The van der Waals surface area contributed by atoms with Gasteiger partial charge >= 0.3 is 17.1 Å². The monoisotopic (exact) mass is 1860 g/mol. The predicted molar refractivity (Wildman–Crippen MR) is 514 cm³/mol. The second kappa shape index (κ2) is 50.9. The van der Waals surface area contributed by atoms with Crippen molar-refractivity contribution in [2.75, 3.05) is 64.9 Å². The summed E-state index contributed by atoms with van der Waals surface area (Å²) in [6.45, 7) is 36.0. The molecular formula is C99H120N12O24. The minimum Gasteiger partial charge on any atom is -0.491 e. The van der Waals surface area contributed by atoms with Gasteiger partial charge in [0, 0.05) is 86.5 Å². The van der Waals surface area contributed by atoms with Crippen LogP contribution < -0.4 is 91.7 Å². The quantitative estimate of drug-likeness (QED) is 0.0126. The fourth-order valence-electron chi connectivity index (χ4n) is 11.7. The molecule has 0 saturated heterocycles. The fraction of sp³-hybridized carbons (Fsp3) is 0.364. The van der Waals surface area contributed by atoms with Crippen LogP contribution >= 0.6 is 0 Å². The number of hydrogen-bond acceptors (Lipinski definition) is 24. The minimum atomic E-state index is -0.625. The molecule has 12 N–H and O–H groups in total. The summed E-state index contributed by atoms with van der Waals surface area (Å²) in [6.07, 6.45) is 1.58. The molecule has 0 aliphatic carbocycles. The molecule has 9 amide bonds. The molecule has 36 heteroatoms. The maximum absolute atomic E-state index is 13.4. The summed E-state index contributed by atoms with van der Waals surface area (Å²) in [5.74, 6) is -2.54. The molecule has 0 aliphatic rings. The smallest absolute Gasteiger partial charge is 0.310 e. The predicted octanol–water partition coefficient (Wildman–Crippen LogP) is 19.5. The topological polar surface area (TPSA) is 516 Å². The molecule has 4 unspecified atom stereocenters. The molecular weight excluding hydrogens is 1740 g/mol. The fourth-order valence-corrected chi connectivity index (χ4v) is 11.7. The van der Waals surface area contributed by atoms with Crippen LogP contribution in [0.2, 0.25) is 0 Å². The number of nitro benzene ring substituents is 3. The highest BCUT2D eigenvalue weighted by molar-refractivity contribution is 6.11. The maximum atomic E-state index is 13.4. The van der Waals surface area contributed by atoms with Crippen molar-refractivity contribution in [2.45, 2.75) is 175 Å². The molecule has 0 saturated carbocycles. The first kappa shape index (κ1) is 107. The van der Waals surface area contributed by atoms with Gasteiger partial charge in [-0.15, -0.1) is 0 Å². The number of hydrogen-bond donors (Lipinski definition) is 9. The number of ether oxygens (including phenoxy) is 9. The van der Waals surface area contributed by atoms with Gasteiger partial charge in [0.05, 0.1) is 106 Å². The first-order valence-electron chi connectivity index (χ1n) is 44.2. The van der Waals surface area contributed by atoms with Crippen molar-refractivity contribution in [3.63, 3.8) is 0 Å². The van der Waals surface area contributed by atoms with E-state index in [1.807, 2.05) is 111 Å². The lowest BCUT2D eigenvalue weighted by Gasteiger charge is -2.19. The van der Waals surface area contributed by atoms with Gasteiger partial charge in [0.1, 0.15) is 34.5 Å². The summed E-state index contributed by atoms with van der Waals surface area (Å²) < 4.78 is 52.6. The number of carbonyl (C=O) groups is 9. The van der Waals surface area contributed by atoms with Gasteiger partial charge in [-0.05, 0) is 210 Å². The Kier molecular flexibility index (Phi) is 40.2. The van der Waals surface area contributed by atoms with Gasteiger partial charge in [0.15, 0.2) is 17.2 Å². The molecule has 0 fully saturated rings. The Hall–Kier alpha value is -15.4. The van der Waals surface area contributed by atoms with E-state index < -0.39 is 67.9 Å². The molecule has 9 aromatic carbocycles. The molecule has 0 spiro atoms.